The number of carbonyl (C=O) groups excluding carboxylic acids is 2. The lowest BCUT2D eigenvalue weighted by Gasteiger charge is -2.26. The molecule has 2 aliphatic heterocycles. The summed E-state index contributed by atoms with van der Waals surface area (Å²) in [5.41, 5.74) is 1.23. The molecule has 14 heteroatoms. The average Bonchev–Trinajstić information content (AvgIpc) is 3.55. The molecule has 3 amide bonds. The summed E-state index contributed by atoms with van der Waals surface area (Å²) < 4.78 is 41.6. The molecule has 0 bridgehead atoms. The number of urea groups is 1. The van der Waals surface area contributed by atoms with Crippen LogP contribution in [0.1, 0.15) is 45.9 Å². The first-order chi connectivity index (χ1) is 23.2. The Labute approximate surface area is 286 Å². The van der Waals surface area contributed by atoms with Crippen LogP contribution in [0, 0.1) is 0 Å². The zero-order valence-corrected chi connectivity index (χ0v) is 29.3. The predicted molar refractivity (Wildman–Crippen MR) is 188 cm³/mol. The van der Waals surface area contributed by atoms with Crippen LogP contribution in [0.15, 0.2) is 66.7 Å². The van der Waals surface area contributed by atoms with E-state index in [4.69, 9.17) is 14.6 Å². The van der Waals surface area contributed by atoms with Crippen LogP contribution in [0.5, 0.6) is 5.75 Å². The molecule has 2 aliphatic rings. The monoisotopic (exact) mass is 689 g/mol. The van der Waals surface area contributed by atoms with E-state index in [0.29, 0.717) is 29.4 Å². The van der Waals surface area contributed by atoms with E-state index in [2.05, 4.69) is 20.3 Å². The lowest BCUT2D eigenvalue weighted by Crippen LogP contribution is -2.43. The van der Waals surface area contributed by atoms with Gasteiger partial charge in [0.1, 0.15) is 23.7 Å². The van der Waals surface area contributed by atoms with Gasteiger partial charge in [-0.2, -0.15) is 17.8 Å². The number of morpholine rings is 1. The molecule has 3 N–H and O–H groups in total. The highest BCUT2D eigenvalue weighted by Gasteiger charge is 2.50. The van der Waals surface area contributed by atoms with Crippen LogP contribution in [0.2, 0.25) is 0 Å². The van der Waals surface area contributed by atoms with Gasteiger partial charge in [0.25, 0.3) is 5.91 Å². The van der Waals surface area contributed by atoms with Gasteiger partial charge < -0.3 is 14.8 Å². The number of nitrogens with one attached hydrogen (secondary N) is 3. The summed E-state index contributed by atoms with van der Waals surface area (Å²) >= 11 is 0. The zero-order chi connectivity index (χ0) is 35.0. The maximum absolute atomic E-state index is 13.5. The first-order valence-corrected chi connectivity index (χ1v) is 17.7. The van der Waals surface area contributed by atoms with Gasteiger partial charge in [0.2, 0.25) is 0 Å². The summed E-state index contributed by atoms with van der Waals surface area (Å²) in [6, 6.07) is 20.1. The van der Waals surface area contributed by atoms with Crippen molar-refractivity contribution in [3.8, 4) is 11.4 Å². The second-order valence-corrected chi connectivity index (χ2v) is 15.4. The molecule has 0 spiro atoms. The third-order valence-corrected chi connectivity index (χ3v) is 10.4. The molecule has 6 rings (SSSR count). The van der Waals surface area contributed by atoms with Crippen molar-refractivity contribution in [2.45, 2.75) is 52.1 Å². The molecule has 4 aromatic rings. The van der Waals surface area contributed by atoms with Crippen molar-refractivity contribution >= 4 is 44.4 Å². The smallest absolute Gasteiger partial charge is 0.324 e. The second kappa shape index (κ2) is 13.4. The minimum Gasteiger partial charge on any atom is -0.492 e. The van der Waals surface area contributed by atoms with Gasteiger partial charge in [-0.3, -0.25) is 15.0 Å². The molecule has 0 unspecified atom stereocenters. The largest absolute Gasteiger partial charge is 0.492 e. The van der Waals surface area contributed by atoms with E-state index in [0.717, 1.165) is 59.4 Å². The highest BCUT2D eigenvalue weighted by Crippen LogP contribution is 2.33. The third-order valence-electron chi connectivity index (χ3n) is 8.82. The number of hydrogen-bond donors (Lipinski definition) is 3. The minimum atomic E-state index is -3.94. The highest BCUT2D eigenvalue weighted by atomic mass is 32.2. The van der Waals surface area contributed by atoms with Gasteiger partial charge in [-0.15, -0.1) is 0 Å². The number of fused-ring (bicyclic) bond motifs is 1. The van der Waals surface area contributed by atoms with Gasteiger partial charge >= 0.3 is 16.2 Å². The van der Waals surface area contributed by atoms with E-state index in [-0.39, 0.29) is 12.0 Å². The molecule has 0 saturated carbocycles. The first-order valence-electron chi connectivity index (χ1n) is 16.3. The molecule has 3 aromatic carbocycles. The van der Waals surface area contributed by atoms with E-state index in [1.54, 1.807) is 42.8 Å². The van der Waals surface area contributed by atoms with Gasteiger partial charge in [0, 0.05) is 48.4 Å². The van der Waals surface area contributed by atoms with Crippen LogP contribution in [-0.2, 0) is 31.7 Å². The number of rotatable bonds is 9. The molecule has 0 radical (unpaired) electrons. The molecule has 13 nitrogen and oxygen atoms in total. The summed E-state index contributed by atoms with van der Waals surface area (Å²) in [5, 5.41) is 12.5. The van der Waals surface area contributed by atoms with Crippen LogP contribution in [-0.4, -0.2) is 84.3 Å². The fourth-order valence-corrected chi connectivity index (χ4v) is 7.42. The van der Waals surface area contributed by atoms with Crippen LogP contribution >= 0.6 is 0 Å². The number of carbonyl (C=O) groups is 2. The van der Waals surface area contributed by atoms with Crippen molar-refractivity contribution in [3.63, 3.8) is 0 Å². The fourth-order valence-electron chi connectivity index (χ4n) is 5.82. The number of nitrogens with zero attached hydrogens (tertiary/aromatic N) is 4. The Balaban J connectivity index is 1.19. The molecular weight excluding hydrogens is 646 g/mol. The second-order valence-electron chi connectivity index (χ2n) is 13.8. The normalized spacial score (nSPS) is 17.9. The van der Waals surface area contributed by atoms with Crippen LogP contribution in [0.25, 0.3) is 16.5 Å². The van der Waals surface area contributed by atoms with Crippen molar-refractivity contribution in [1.82, 2.24) is 23.7 Å². The Morgan fingerprint density at radius 3 is 2.35 bits per heavy atom. The number of ether oxygens (including phenoxy) is 2. The lowest BCUT2D eigenvalue weighted by atomic mass is 9.92. The number of hydrogen-bond acceptors (Lipinski definition) is 8. The van der Waals surface area contributed by atoms with Crippen molar-refractivity contribution in [1.29, 1.82) is 0 Å². The summed E-state index contributed by atoms with van der Waals surface area (Å²) in [4.78, 5) is 28.1. The fraction of sp³-hybridized carbons (Fsp3) is 0.400. The van der Waals surface area contributed by atoms with Crippen molar-refractivity contribution in [2.24, 2.45) is 0 Å². The van der Waals surface area contributed by atoms with E-state index in [1.165, 1.54) is 0 Å². The SMILES string of the molecule is CC(C)(C)c1cc(NC(=O)Nc2ccc(OCCN3CCOCC3)c3ccccc23)n(-c2ccc(CN3C(C)(C)C(=O)NS3(=O)=O)cc2)n1. The molecule has 2 saturated heterocycles. The van der Waals surface area contributed by atoms with Crippen molar-refractivity contribution < 1.29 is 27.5 Å². The van der Waals surface area contributed by atoms with Crippen LogP contribution in [0.3, 0.4) is 0 Å². The maximum Gasteiger partial charge on any atom is 0.324 e. The molecule has 3 heterocycles. The highest BCUT2D eigenvalue weighted by molar-refractivity contribution is 7.88. The first kappa shape index (κ1) is 34.4. The van der Waals surface area contributed by atoms with Gasteiger partial charge in [-0.05, 0) is 43.7 Å². The standard InChI is InChI=1S/C35H43N7O6S/c1-34(2,3)30-22-31(42(38-30)25-12-10-24(11-13-25)23-41-35(4,5)32(43)39-49(41,45)46)37-33(44)36-28-14-15-29(27-9-7-6-8-26(27)28)48-21-18-40-16-19-47-20-17-40/h6-15,22H,16-21,23H2,1-5H3,(H,39,43)(H2,36,37,44). The molecule has 1 aromatic heterocycles. The Kier molecular flexibility index (Phi) is 9.42. The molecule has 2 fully saturated rings. The van der Waals surface area contributed by atoms with Crippen LogP contribution < -0.4 is 20.1 Å². The quantitative estimate of drug-likeness (QED) is 0.231. The topological polar surface area (TPSA) is 147 Å². The molecule has 49 heavy (non-hydrogen) atoms. The van der Waals surface area contributed by atoms with E-state index < -0.39 is 27.7 Å². The number of aromatic nitrogens is 2. The van der Waals surface area contributed by atoms with Gasteiger partial charge in [0.15, 0.2) is 0 Å². The summed E-state index contributed by atoms with van der Waals surface area (Å²) in [7, 11) is -3.94. The Morgan fingerprint density at radius 2 is 1.69 bits per heavy atom. The van der Waals surface area contributed by atoms with E-state index in [1.807, 2.05) is 63.2 Å². The zero-order valence-electron chi connectivity index (χ0n) is 28.4. The minimum absolute atomic E-state index is 0.0138. The summed E-state index contributed by atoms with van der Waals surface area (Å²) in [6.07, 6.45) is 0. The molecule has 260 valence electrons. The van der Waals surface area contributed by atoms with Gasteiger partial charge in [-0.25, -0.2) is 14.2 Å². The Morgan fingerprint density at radius 1 is 1.00 bits per heavy atom. The van der Waals surface area contributed by atoms with Crippen molar-refractivity contribution in [2.75, 3.05) is 50.1 Å². The van der Waals surface area contributed by atoms with E-state index in [9.17, 15) is 18.0 Å². The van der Waals surface area contributed by atoms with E-state index >= 15 is 0 Å². The summed E-state index contributed by atoms with van der Waals surface area (Å²) in [5.74, 6) is 0.640. The molecule has 0 aliphatic carbocycles. The molecular formula is C35H43N7O6S. The average molecular weight is 690 g/mol. The van der Waals surface area contributed by atoms with Crippen molar-refractivity contribution in [3.05, 3.63) is 78.0 Å². The number of anilines is 2. The lowest BCUT2D eigenvalue weighted by molar-refractivity contribution is -0.125. The Bertz CT molecular complexity index is 1960. The third kappa shape index (κ3) is 7.42. The molecule has 0 atom stereocenters. The van der Waals surface area contributed by atoms with Crippen LogP contribution in [0.4, 0.5) is 16.3 Å². The van der Waals surface area contributed by atoms with Gasteiger partial charge in [0.05, 0.1) is 30.3 Å². The number of benzene rings is 3. The van der Waals surface area contributed by atoms with Gasteiger partial charge in [-0.1, -0.05) is 57.2 Å². The number of amides is 3. The maximum atomic E-state index is 13.5. The summed E-state index contributed by atoms with van der Waals surface area (Å²) in [6.45, 7) is 13.9. The Hall–Kier alpha value is -4.50. The predicted octanol–water partition coefficient (Wildman–Crippen LogP) is 4.63.